The molecular formula is C17H15ClF3N3O3. The van der Waals surface area contributed by atoms with Crippen molar-refractivity contribution < 1.29 is 27.5 Å². The fourth-order valence-electron chi connectivity index (χ4n) is 2.01. The number of hydrogen-bond donors (Lipinski definition) is 1. The molecule has 2 rings (SSSR count). The smallest absolute Gasteiger partial charge is 0.422 e. The molecule has 27 heavy (non-hydrogen) atoms. The number of likely N-dealkylation sites (N-methyl/N-ethyl adjacent to an activating group) is 1. The molecule has 1 N–H and O–H groups in total. The molecule has 0 spiro atoms. The number of aromatic nitrogens is 1. The van der Waals surface area contributed by atoms with Crippen molar-refractivity contribution in [3.8, 4) is 5.88 Å². The van der Waals surface area contributed by atoms with E-state index in [0.717, 1.165) is 17.2 Å². The van der Waals surface area contributed by atoms with Crippen molar-refractivity contribution in [1.29, 1.82) is 0 Å². The molecule has 0 aliphatic rings. The first-order valence-electron chi connectivity index (χ1n) is 7.61. The van der Waals surface area contributed by atoms with Crippen molar-refractivity contribution in [3.05, 3.63) is 53.2 Å². The van der Waals surface area contributed by atoms with Gasteiger partial charge in [0.2, 0.25) is 11.8 Å². The number of nitrogens with zero attached hydrogens (tertiary/aromatic N) is 2. The lowest BCUT2D eigenvalue weighted by atomic mass is 10.2. The quantitative estimate of drug-likeness (QED) is 0.805. The van der Waals surface area contributed by atoms with Crippen LogP contribution in [0.25, 0.3) is 0 Å². The number of nitrogens with one attached hydrogen (secondary N) is 1. The van der Waals surface area contributed by atoms with Gasteiger partial charge in [0.15, 0.2) is 6.61 Å². The number of carbonyl (C=O) groups excluding carboxylic acids is 2. The summed E-state index contributed by atoms with van der Waals surface area (Å²) in [5.41, 5.74) is 0.514. The molecule has 0 atom stereocenters. The van der Waals surface area contributed by atoms with Gasteiger partial charge in [-0.3, -0.25) is 9.59 Å². The fourth-order valence-corrected chi connectivity index (χ4v) is 2.19. The van der Waals surface area contributed by atoms with Gasteiger partial charge in [-0.15, -0.1) is 0 Å². The predicted molar refractivity (Wildman–Crippen MR) is 92.8 cm³/mol. The Hall–Kier alpha value is -2.81. The van der Waals surface area contributed by atoms with E-state index in [1.165, 1.54) is 13.1 Å². The molecule has 0 saturated carbocycles. The molecule has 1 heterocycles. The molecule has 0 unspecified atom stereocenters. The number of benzene rings is 1. The average Bonchev–Trinajstić information content (AvgIpc) is 2.61. The zero-order valence-electron chi connectivity index (χ0n) is 14.1. The van der Waals surface area contributed by atoms with Gasteiger partial charge in [0.25, 0.3) is 5.91 Å². The molecule has 0 aliphatic carbocycles. The highest BCUT2D eigenvalue weighted by molar-refractivity contribution is 6.33. The maximum Gasteiger partial charge on any atom is 0.422 e. The van der Waals surface area contributed by atoms with Crippen molar-refractivity contribution >= 4 is 29.1 Å². The summed E-state index contributed by atoms with van der Waals surface area (Å²) in [4.78, 5) is 29.1. The predicted octanol–water partition coefficient (Wildman–Crippen LogP) is 3.39. The summed E-state index contributed by atoms with van der Waals surface area (Å²) in [7, 11) is 1.41. The van der Waals surface area contributed by atoms with E-state index in [1.807, 2.05) is 0 Å². The molecule has 0 saturated heterocycles. The maximum atomic E-state index is 12.3. The van der Waals surface area contributed by atoms with Crippen LogP contribution in [0, 0.1) is 0 Å². The van der Waals surface area contributed by atoms with Crippen LogP contribution in [0.15, 0.2) is 42.6 Å². The molecule has 2 amide bonds. The lowest BCUT2D eigenvalue weighted by molar-refractivity contribution is -0.154. The zero-order chi connectivity index (χ0) is 20.0. The number of pyridine rings is 1. The van der Waals surface area contributed by atoms with Crippen LogP contribution in [0.3, 0.4) is 0 Å². The normalized spacial score (nSPS) is 11.0. The highest BCUT2D eigenvalue weighted by Gasteiger charge is 2.28. The Morgan fingerprint density at radius 1 is 1.22 bits per heavy atom. The summed E-state index contributed by atoms with van der Waals surface area (Å²) in [6, 6.07) is 9.05. The number of carbonyl (C=O) groups is 2. The van der Waals surface area contributed by atoms with Crippen LogP contribution in [0.4, 0.5) is 18.9 Å². The third-order valence-electron chi connectivity index (χ3n) is 3.24. The first kappa shape index (κ1) is 20.5. The number of rotatable bonds is 6. The van der Waals surface area contributed by atoms with E-state index in [-0.39, 0.29) is 18.0 Å². The summed E-state index contributed by atoms with van der Waals surface area (Å²) in [5.74, 6) is -1.25. The van der Waals surface area contributed by atoms with E-state index in [9.17, 15) is 22.8 Å². The minimum Gasteiger partial charge on any atom is -0.468 e. The second-order valence-corrected chi connectivity index (χ2v) is 5.89. The molecule has 0 radical (unpaired) electrons. The van der Waals surface area contributed by atoms with Crippen molar-refractivity contribution in [3.63, 3.8) is 0 Å². The van der Waals surface area contributed by atoms with Crippen LogP contribution in [0.5, 0.6) is 5.88 Å². The van der Waals surface area contributed by atoms with E-state index in [2.05, 4.69) is 15.0 Å². The number of halogens is 4. The topological polar surface area (TPSA) is 71.5 Å². The first-order valence-corrected chi connectivity index (χ1v) is 7.99. The summed E-state index contributed by atoms with van der Waals surface area (Å²) < 4.78 is 40.8. The Kier molecular flexibility index (Phi) is 6.62. The lowest BCUT2D eigenvalue weighted by Gasteiger charge is -2.17. The highest BCUT2D eigenvalue weighted by Crippen LogP contribution is 2.20. The Morgan fingerprint density at radius 2 is 1.93 bits per heavy atom. The van der Waals surface area contributed by atoms with Crippen molar-refractivity contribution in [2.24, 2.45) is 0 Å². The molecule has 6 nitrogen and oxygen atoms in total. The zero-order valence-corrected chi connectivity index (χ0v) is 14.8. The molecule has 0 aliphatic heterocycles. The number of alkyl halides is 3. The summed E-state index contributed by atoms with van der Waals surface area (Å²) in [5, 5.41) is 2.94. The SMILES string of the molecule is CN(CC(=O)Nc1ccccc1Cl)C(=O)c1ccc(OCC(F)(F)F)nc1. The monoisotopic (exact) mass is 401 g/mol. The van der Waals surface area contributed by atoms with Gasteiger partial charge in [0.05, 0.1) is 22.8 Å². The second kappa shape index (κ2) is 8.72. The molecule has 2 aromatic rings. The van der Waals surface area contributed by atoms with Crippen LogP contribution >= 0.6 is 11.6 Å². The van der Waals surface area contributed by atoms with Crippen molar-refractivity contribution in [1.82, 2.24) is 9.88 Å². The van der Waals surface area contributed by atoms with Gasteiger partial charge >= 0.3 is 6.18 Å². The van der Waals surface area contributed by atoms with Crippen LogP contribution < -0.4 is 10.1 Å². The highest BCUT2D eigenvalue weighted by atomic mass is 35.5. The molecule has 10 heteroatoms. The summed E-state index contributed by atoms with van der Waals surface area (Å²) in [6.07, 6.45) is -3.40. The third-order valence-corrected chi connectivity index (χ3v) is 3.57. The number of hydrogen-bond acceptors (Lipinski definition) is 4. The van der Waals surface area contributed by atoms with Gasteiger partial charge in [-0.2, -0.15) is 13.2 Å². The number of anilines is 1. The van der Waals surface area contributed by atoms with Crippen LogP contribution in [0.2, 0.25) is 5.02 Å². The minimum absolute atomic E-state index is 0.0994. The van der Waals surface area contributed by atoms with E-state index < -0.39 is 24.6 Å². The number of ether oxygens (including phenoxy) is 1. The third kappa shape index (κ3) is 6.45. The molecule has 0 fully saturated rings. The van der Waals surface area contributed by atoms with Gasteiger partial charge in [-0.05, 0) is 18.2 Å². The van der Waals surface area contributed by atoms with Crippen molar-refractivity contribution in [2.75, 3.05) is 25.5 Å². The first-order chi connectivity index (χ1) is 12.7. The summed E-state index contributed by atoms with van der Waals surface area (Å²) in [6.45, 7) is -1.73. The van der Waals surface area contributed by atoms with E-state index in [0.29, 0.717) is 10.7 Å². The van der Waals surface area contributed by atoms with Gasteiger partial charge in [0.1, 0.15) is 0 Å². The molecule has 0 bridgehead atoms. The van der Waals surface area contributed by atoms with Crippen LogP contribution in [0.1, 0.15) is 10.4 Å². The van der Waals surface area contributed by atoms with E-state index in [4.69, 9.17) is 11.6 Å². The minimum atomic E-state index is -4.48. The van der Waals surface area contributed by atoms with Gasteiger partial charge < -0.3 is 15.0 Å². The molecule has 1 aromatic heterocycles. The Morgan fingerprint density at radius 3 is 2.52 bits per heavy atom. The summed E-state index contributed by atoms with van der Waals surface area (Å²) >= 11 is 5.95. The van der Waals surface area contributed by atoms with Gasteiger partial charge in [-0.25, -0.2) is 4.98 Å². The average molecular weight is 402 g/mol. The van der Waals surface area contributed by atoms with Crippen LogP contribution in [-0.4, -0.2) is 48.1 Å². The Labute approximate surface area is 157 Å². The lowest BCUT2D eigenvalue weighted by Crippen LogP contribution is -2.35. The Bertz CT molecular complexity index is 813. The fraction of sp³-hybridized carbons (Fsp3) is 0.235. The maximum absolute atomic E-state index is 12.3. The largest absolute Gasteiger partial charge is 0.468 e. The second-order valence-electron chi connectivity index (χ2n) is 5.48. The molecule has 1 aromatic carbocycles. The van der Waals surface area contributed by atoms with Gasteiger partial charge in [-0.1, -0.05) is 23.7 Å². The van der Waals surface area contributed by atoms with Crippen molar-refractivity contribution in [2.45, 2.75) is 6.18 Å². The molecule has 144 valence electrons. The van der Waals surface area contributed by atoms with Crippen LogP contribution in [-0.2, 0) is 4.79 Å². The van der Waals surface area contributed by atoms with E-state index in [1.54, 1.807) is 24.3 Å². The van der Waals surface area contributed by atoms with Gasteiger partial charge in [0, 0.05) is 19.3 Å². The standard InChI is InChI=1S/C17H15ClF3N3O3/c1-24(9-14(25)23-13-5-3-2-4-12(13)18)16(26)11-6-7-15(22-8-11)27-10-17(19,20)21/h2-8H,9-10H2,1H3,(H,23,25). The number of amides is 2. The Balaban J connectivity index is 1.92. The molecular weight excluding hydrogens is 387 g/mol. The van der Waals surface area contributed by atoms with E-state index >= 15 is 0 Å². The number of para-hydroxylation sites is 1.